The Morgan fingerprint density at radius 1 is 0.925 bits per heavy atom. The quantitative estimate of drug-likeness (QED) is 0.334. The molecule has 1 aliphatic heterocycles. The van der Waals surface area contributed by atoms with Gasteiger partial charge in [-0.3, -0.25) is 14.6 Å². The molecule has 214 valence electrons. The minimum atomic E-state index is -0.725. The van der Waals surface area contributed by atoms with Crippen molar-refractivity contribution in [1.82, 2.24) is 0 Å². The summed E-state index contributed by atoms with van der Waals surface area (Å²) < 4.78 is 28.0. The van der Waals surface area contributed by atoms with Gasteiger partial charge in [-0.05, 0) is 74.9 Å². The highest BCUT2D eigenvalue weighted by atomic mass is 16.5. The predicted octanol–water partition coefficient (Wildman–Crippen LogP) is 6.03. The van der Waals surface area contributed by atoms with Crippen molar-refractivity contribution in [2.24, 2.45) is 10.9 Å². The number of rotatable bonds is 10. The Bertz CT molecular complexity index is 1330. The lowest BCUT2D eigenvalue weighted by Gasteiger charge is -2.37. The number of ether oxygens (including phenoxy) is 5. The molecule has 1 heterocycles. The highest BCUT2D eigenvalue weighted by Crippen LogP contribution is 2.48. The number of esters is 1. The largest absolute Gasteiger partial charge is 0.493 e. The Hall–Kier alpha value is -3.81. The zero-order valence-electron chi connectivity index (χ0n) is 24.4. The van der Waals surface area contributed by atoms with Gasteiger partial charge in [0.1, 0.15) is 5.92 Å². The summed E-state index contributed by atoms with van der Waals surface area (Å²) in [5, 5.41) is 0. The number of ketones is 1. The van der Waals surface area contributed by atoms with E-state index >= 15 is 0 Å². The summed E-state index contributed by atoms with van der Waals surface area (Å²) in [6.07, 6.45) is 1.30. The second-order valence-electron chi connectivity index (χ2n) is 10.2. The summed E-state index contributed by atoms with van der Waals surface area (Å²) in [7, 11) is 4.77. The molecule has 0 fully saturated rings. The summed E-state index contributed by atoms with van der Waals surface area (Å²) in [6.45, 7) is 8.07. The standard InChI is InChI=1S/C32H39NO7/c1-8-18(3)40-32(35)29-19(4)33-23-14-22(20-10-12-25(36-5)27(16-20)37-6)15-24(34)31(23)30(29)21-11-13-26(39-9-2)28(17-21)38-7/h10-13,16-18,22,29-30H,8-9,14-15H2,1-7H3/t18-,22+,29?,30+/m0/s1. The van der Waals surface area contributed by atoms with Gasteiger partial charge < -0.3 is 23.7 Å². The maximum Gasteiger partial charge on any atom is 0.315 e. The number of nitrogens with zero attached hydrogens (tertiary/aromatic N) is 1. The molecule has 40 heavy (non-hydrogen) atoms. The molecule has 0 radical (unpaired) electrons. The van der Waals surface area contributed by atoms with E-state index in [0.717, 1.165) is 11.1 Å². The van der Waals surface area contributed by atoms with Gasteiger partial charge in [-0.15, -0.1) is 0 Å². The fourth-order valence-electron chi connectivity index (χ4n) is 5.57. The zero-order chi connectivity index (χ0) is 29.0. The highest BCUT2D eigenvalue weighted by Gasteiger charge is 2.45. The van der Waals surface area contributed by atoms with Crippen LogP contribution in [0.3, 0.4) is 0 Å². The van der Waals surface area contributed by atoms with Crippen molar-refractivity contribution < 1.29 is 33.3 Å². The van der Waals surface area contributed by atoms with Crippen LogP contribution >= 0.6 is 0 Å². The molecule has 8 nitrogen and oxygen atoms in total. The molecule has 8 heteroatoms. The zero-order valence-corrected chi connectivity index (χ0v) is 24.4. The van der Waals surface area contributed by atoms with Crippen molar-refractivity contribution >= 4 is 17.5 Å². The normalized spacial score (nSPS) is 21.2. The molecule has 4 rings (SSSR count). The molecular formula is C32H39NO7. The Labute approximate surface area is 236 Å². The molecule has 0 saturated carbocycles. The van der Waals surface area contributed by atoms with Crippen LogP contribution in [0, 0.1) is 5.92 Å². The van der Waals surface area contributed by atoms with E-state index < -0.39 is 11.8 Å². The molecular weight excluding hydrogens is 510 g/mol. The predicted molar refractivity (Wildman–Crippen MR) is 153 cm³/mol. The molecule has 0 amide bonds. The maximum atomic E-state index is 14.0. The summed E-state index contributed by atoms with van der Waals surface area (Å²) in [5.41, 5.74) is 3.67. The van der Waals surface area contributed by atoms with Crippen LogP contribution in [-0.2, 0) is 14.3 Å². The smallest absolute Gasteiger partial charge is 0.315 e. The highest BCUT2D eigenvalue weighted by molar-refractivity contribution is 6.09. The van der Waals surface area contributed by atoms with E-state index in [0.29, 0.717) is 65.8 Å². The second-order valence-corrected chi connectivity index (χ2v) is 10.2. The number of benzene rings is 2. The van der Waals surface area contributed by atoms with Crippen LogP contribution in [-0.4, -0.2) is 51.5 Å². The molecule has 1 unspecified atom stereocenters. The van der Waals surface area contributed by atoms with E-state index in [1.165, 1.54) is 0 Å². The van der Waals surface area contributed by atoms with Crippen LogP contribution in [0.5, 0.6) is 23.0 Å². The molecule has 0 saturated heterocycles. The fourth-order valence-corrected chi connectivity index (χ4v) is 5.57. The molecule has 4 atom stereocenters. The van der Waals surface area contributed by atoms with Crippen LogP contribution in [0.15, 0.2) is 52.7 Å². The summed E-state index contributed by atoms with van der Waals surface area (Å²) in [6, 6.07) is 11.3. The van der Waals surface area contributed by atoms with Gasteiger partial charge >= 0.3 is 5.97 Å². The molecule has 0 aromatic heterocycles. The third kappa shape index (κ3) is 5.71. The minimum absolute atomic E-state index is 0.0310. The van der Waals surface area contributed by atoms with E-state index in [2.05, 4.69) is 0 Å². The first kappa shape index (κ1) is 29.2. The number of allylic oxidation sites excluding steroid dienone is 2. The van der Waals surface area contributed by atoms with Gasteiger partial charge in [0.05, 0.1) is 34.0 Å². The second kappa shape index (κ2) is 12.6. The topological polar surface area (TPSA) is 92.7 Å². The first-order valence-corrected chi connectivity index (χ1v) is 13.8. The van der Waals surface area contributed by atoms with Gasteiger partial charge in [0.2, 0.25) is 0 Å². The molecule has 0 N–H and O–H groups in total. The van der Waals surface area contributed by atoms with Crippen LogP contribution in [0.1, 0.15) is 69.9 Å². The van der Waals surface area contributed by atoms with Gasteiger partial charge in [0.15, 0.2) is 28.8 Å². The lowest BCUT2D eigenvalue weighted by Crippen LogP contribution is -2.39. The minimum Gasteiger partial charge on any atom is -0.493 e. The molecule has 0 bridgehead atoms. The lowest BCUT2D eigenvalue weighted by atomic mass is 9.69. The first-order valence-electron chi connectivity index (χ1n) is 13.8. The number of hydrogen-bond donors (Lipinski definition) is 0. The van der Waals surface area contributed by atoms with Gasteiger partial charge in [-0.1, -0.05) is 19.1 Å². The summed E-state index contributed by atoms with van der Waals surface area (Å²) in [4.78, 5) is 32.4. The summed E-state index contributed by atoms with van der Waals surface area (Å²) >= 11 is 0. The first-order chi connectivity index (χ1) is 19.3. The third-order valence-corrected chi connectivity index (χ3v) is 7.76. The van der Waals surface area contributed by atoms with Crippen LogP contribution < -0.4 is 18.9 Å². The molecule has 1 aliphatic carbocycles. The van der Waals surface area contributed by atoms with Gasteiger partial charge in [0, 0.05) is 29.3 Å². The Morgan fingerprint density at radius 2 is 1.55 bits per heavy atom. The number of carbonyl (C=O) groups is 2. The van der Waals surface area contributed by atoms with Crippen molar-refractivity contribution in [2.45, 2.75) is 64.9 Å². The van der Waals surface area contributed by atoms with E-state index in [4.69, 9.17) is 28.7 Å². The molecule has 2 aromatic carbocycles. The maximum absolute atomic E-state index is 14.0. The van der Waals surface area contributed by atoms with Crippen molar-refractivity contribution in [1.29, 1.82) is 0 Å². The number of Topliss-reactive ketones (excluding diaryl/α,β-unsaturated/α-hetero) is 1. The van der Waals surface area contributed by atoms with Crippen molar-refractivity contribution in [2.75, 3.05) is 27.9 Å². The Kier molecular flexibility index (Phi) is 9.17. The van der Waals surface area contributed by atoms with E-state index in [1.54, 1.807) is 21.3 Å². The van der Waals surface area contributed by atoms with Crippen LogP contribution in [0.4, 0.5) is 0 Å². The van der Waals surface area contributed by atoms with Gasteiger partial charge in [-0.25, -0.2) is 0 Å². The number of aliphatic imine (C=N–C) groups is 1. The van der Waals surface area contributed by atoms with E-state index in [1.807, 2.05) is 64.1 Å². The van der Waals surface area contributed by atoms with Crippen LogP contribution in [0.25, 0.3) is 0 Å². The number of methoxy groups -OCH3 is 3. The Balaban J connectivity index is 1.80. The van der Waals surface area contributed by atoms with Crippen molar-refractivity contribution in [3.05, 3.63) is 58.8 Å². The van der Waals surface area contributed by atoms with E-state index in [9.17, 15) is 9.59 Å². The molecule has 2 aromatic rings. The average Bonchev–Trinajstić information content (AvgIpc) is 2.96. The van der Waals surface area contributed by atoms with Gasteiger partial charge in [0.25, 0.3) is 0 Å². The Morgan fingerprint density at radius 3 is 2.20 bits per heavy atom. The third-order valence-electron chi connectivity index (χ3n) is 7.76. The van der Waals surface area contributed by atoms with Crippen molar-refractivity contribution in [3.8, 4) is 23.0 Å². The number of carbonyl (C=O) groups excluding carboxylic acids is 2. The SMILES string of the molecule is CCOc1ccc([C@H]2C3=C(C[C@@H](c4ccc(OC)c(OC)c4)CC3=O)N=C(C)C2C(=O)O[C@@H](C)CC)cc1OC. The lowest BCUT2D eigenvalue weighted by molar-refractivity contribution is -0.151. The van der Waals surface area contributed by atoms with Crippen molar-refractivity contribution in [3.63, 3.8) is 0 Å². The summed E-state index contributed by atoms with van der Waals surface area (Å²) in [5.74, 6) is 0.626. The monoisotopic (exact) mass is 549 g/mol. The van der Waals surface area contributed by atoms with Crippen LogP contribution in [0.2, 0.25) is 0 Å². The fraction of sp³-hybridized carbons (Fsp3) is 0.469. The molecule has 0 spiro atoms. The molecule has 2 aliphatic rings. The number of hydrogen-bond acceptors (Lipinski definition) is 8. The van der Waals surface area contributed by atoms with E-state index in [-0.39, 0.29) is 23.8 Å². The average molecular weight is 550 g/mol. The van der Waals surface area contributed by atoms with Gasteiger partial charge in [-0.2, -0.15) is 0 Å².